The van der Waals surface area contributed by atoms with Crippen molar-refractivity contribution in [3.05, 3.63) is 54.4 Å². The van der Waals surface area contributed by atoms with Gasteiger partial charge in [-0.1, -0.05) is 30.3 Å². The van der Waals surface area contributed by atoms with Crippen molar-refractivity contribution in [2.24, 2.45) is 7.05 Å². The Kier molecular flexibility index (Phi) is 5.53. The van der Waals surface area contributed by atoms with E-state index in [9.17, 15) is 0 Å². The van der Waals surface area contributed by atoms with Gasteiger partial charge in [-0.05, 0) is 30.5 Å². The second-order valence-corrected chi connectivity index (χ2v) is 7.07. The monoisotopic (exact) mass is 378 g/mol. The van der Waals surface area contributed by atoms with Crippen molar-refractivity contribution < 1.29 is 4.74 Å². The zero-order valence-electron chi connectivity index (χ0n) is 16.4. The average Bonchev–Trinajstić information content (AvgIpc) is 3.38. The molecule has 4 rings (SSSR count). The highest BCUT2D eigenvalue weighted by molar-refractivity contribution is 5.63. The van der Waals surface area contributed by atoms with Gasteiger partial charge < -0.3 is 15.0 Å². The minimum atomic E-state index is 0.607. The molecule has 0 saturated carbocycles. The van der Waals surface area contributed by atoms with Crippen LogP contribution in [0.2, 0.25) is 0 Å². The molecule has 1 N–H and O–H groups in total. The normalized spacial score (nSPS) is 17.0. The lowest BCUT2D eigenvalue weighted by molar-refractivity contribution is 0.347. The van der Waals surface area contributed by atoms with Crippen molar-refractivity contribution >= 4 is 5.95 Å². The van der Waals surface area contributed by atoms with E-state index in [0.29, 0.717) is 17.6 Å². The van der Waals surface area contributed by atoms with E-state index in [1.165, 1.54) is 12.0 Å². The van der Waals surface area contributed by atoms with Crippen molar-refractivity contribution in [2.45, 2.75) is 12.3 Å². The van der Waals surface area contributed by atoms with Crippen LogP contribution in [0.15, 0.2) is 48.8 Å². The molecule has 1 unspecified atom stereocenters. The summed E-state index contributed by atoms with van der Waals surface area (Å²) in [5.74, 6) is 1.88. The quantitative estimate of drug-likeness (QED) is 0.682. The minimum Gasteiger partial charge on any atom is -0.493 e. The first kappa shape index (κ1) is 18.4. The number of rotatable bonds is 7. The molecule has 1 aromatic carbocycles. The molecule has 0 bridgehead atoms. The Morgan fingerprint density at radius 1 is 1.21 bits per heavy atom. The molecule has 0 radical (unpaired) electrons. The van der Waals surface area contributed by atoms with Crippen LogP contribution in [0.5, 0.6) is 5.75 Å². The van der Waals surface area contributed by atoms with Crippen LogP contribution in [-0.4, -0.2) is 57.9 Å². The summed E-state index contributed by atoms with van der Waals surface area (Å²) in [6, 6.07) is 12.7. The summed E-state index contributed by atoms with van der Waals surface area (Å²) in [7, 11) is 3.52. The fourth-order valence-electron chi connectivity index (χ4n) is 3.75. The van der Waals surface area contributed by atoms with E-state index in [1.54, 1.807) is 24.2 Å². The molecule has 0 spiro atoms. The lowest BCUT2D eigenvalue weighted by atomic mass is 9.99. The standard InChI is InChI=1S/C21H26N6O/c1-26-18(8-10-24-26)20-19(28-2)14-23-21(25-20)22-11-13-27-12-9-17(15-27)16-6-4-3-5-7-16/h3-8,10,14,17H,9,11-13,15H2,1-2H3,(H,22,23,25). The Morgan fingerprint density at radius 2 is 2.07 bits per heavy atom. The second-order valence-electron chi connectivity index (χ2n) is 7.07. The van der Waals surface area contributed by atoms with E-state index < -0.39 is 0 Å². The number of nitrogens with zero attached hydrogens (tertiary/aromatic N) is 5. The van der Waals surface area contributed by atoms with Crippen LogP contribution in [-0.2, 0) is 7.05 Å². The highest BCUT2D eigenvalue weighted by atomic mass is 16.5. The third kappa shape index (κ3) is 3.99. The summed E-state index contributed by atoms with van der Waals surface area (Å²) in [6.45, 7) is 4.01. The fourth-order valence-corrected chi connectivity index (χ4v) is 3.75. The van der Waals surface area contributed by atoms with Crippen molar-refractivity contribution in [2.75, 3.05) is 38.6 Å². The van der Waals surface area contributed by atoms with Crippen molar-refractivity contribution in [3.63, 3.8) is 0 Å². The number of hydrogen-bond acceptors (Lipinski definition) is 6. The molecule has 3 aromatic rings. The molecular weight excluding hydrogens is 352 g/mol. The van der Waals surface area contributed by atoms with Gasteiger partial charge in [-0.25, -0.2) is 9.97 Å². The highest BCUT2D eigenvalue weighted by Crippen LogP contribution is 2.28. The van der Waals surface area contributed by atoms with Gasteiger partial charge in [-0.3, -0.25) is 4.68 Å². The predicted molar refractivity (Wildman–Crippen MR) is 110 cm³/mol. The van der Waals surface area contributed by atoms with Gasteiger partial charge in [0.25, 0.3) is 0 Å². The number of aryl methyl sites for hydroxylation is 1. The zero-order valence-corrected chi connectivity index (χ0v) is 16.4. The average molecular weight is 378 g/mol. The molecule has 1 aliphatic rings. The molecule has 7 heteroatoms. The van der Waals surface area contributed by atoms with Crippen LogP contribution in [0, 0.1) is 0 Å². The fraction of sp³-hybridized carbons (Fsp3) is 0.381. The summed E-state index contributed by atoms with van der Waals surface area (Å²) in [5.41, 5.74) is 3.08. The molecule has 1 atom stereocenters. The number of ether oxygens (including phenoxy) is 1. The van der Waals surface area contributed by atoms with Crippen molar-refractivity contribution in [3.8, 4) is 17.1 Å². The first-order valence-corrected chi connectivity index (χ1v) is 9.65. The predicted octanol–water partition coefficient (Wildman–Crippen LogP) is 2.79. The maximum atomic E-state index is 5.42. The largest absolute Gasteiger partial charge is 0.493 e. The van der Waals surface area contributed by atoms with Gasteiger partial charge in [0.05, 0.1) is 19.0 Å². The van der Waals surface area contributed by atoms with E-state index in [4.69, 9.17) is 4.74 Å². The van der Waals surface area contributed by atoms with Crippen molar-refractivity contribution in [1.82, 2.24) is 24.6 Å². The summed E-state index contributed by atoms with van der Waals surface area (Å²) in [5, 5.41) is 7.57. The number of anilines is 1. The van der Waals surface area contributed by atoms with Crippen molar-refractivity contribution in [1.29, 1.82) is 0 Å². The topological polar surface area (TPSA) is 68.1 Å². The third-order valence-corrected chi connectivity index (χ3v) is 5.29. The summed E-state index contributed by atoms with van der Waals surface area (Å²) in [6.07, 6.45) is 4.67. The Bertz CT molecular complexity index is 910. The summed E-state index contributed by atoms with van der Waals surface area (Å²) >= 11 is 0. The lowest BCUT2D eigenvalue weighted by Crippen LogP contribution is -2.27. The number of likely N-dealkylation sites (tertiary alicyclic amines) is 1. The summed E-state index contributed by atoms with van der Waals surface area (Å²) < 4.78 is 7.20. The number of hydrogen-bond donors (Lipinski definition) is 1. The molecule has 28 heavy (non-hydrogen) atoms. The Hall–Kier alpha value is -2.93. The zero-order chi connectivity index (χ0) is 19.3. The lowest BCUT2D eigenvalue weighted by Gasteiger charge is -2.17. The Morgan fingerprint density at radius 3 is 2.82 bits per heavy atom. The van der Waals surface area contributed by atoms with Crippen LogP contribution in [0.1, 0.15) is 17.9 Å². The molecule has 3 heterocycles. The number of benzene rings is 1. The van der Waals surface area contributed by atoms with Gasteiger partial charge in [0.1, 0.15) is 5.69 Å². The number of nitrogens with one attached hydrogen (secondary N) is 1. The van der Waals surface area contributed by atoms with Crippen LogP contribution < -0.4 is 10.1 Å². The van der Waals surface area contributed by atoms with Gasteiger partial charge in [-0.2, -0.15) is 5.10 Å². The van der Waals surface area contributed by atoms with Gasteiger partial charge >= 0.3 is 0 Å². The number of methoxy groups -OCH3 is 1. The molecule has 146 valence electrons. The Balaban J connectivity index is 1.35. The van der Waals surface area contributed by atoms with Gasteiger partial charge in [0.15, 0.2) is 5.75 Å². The molecule has 0 amide bonds. The second kappa shape index (κ2) is 8.39. The van der Waals surface area contributed by atoms with Crippen LogP contribution in [0.4, 0.5) is 5.95 Å². The SMILES string of the molecule is COc1cnc(NCCN2CCC(c3ccccc3)C2)nc1-c1ccnn1C. The molecule has 1 fully saturated rings. The molecular formula is C21H26N6O. The van der Waals surface area contributed by atoms with Crippen LogP contribution >= 0.6 is 0 Å². The summed E-state index contributed by atoms with van der Waals surface area (Å²) in [4.78, 5) is 11.5. The smallest absolute Gasteiger partial charge is 0.223 e. The maximum absolute atomic E-state index is 5.42. The third-order valence-electron chi connectivity index (χ3n) is 5.29. The van der Waals surface area contributed by atoms with E-state index in [-0.39, 0.29) is 0 Å². The van der Waals surface area contributed by atoms with Crippen LogP contribution in [0.25, 0.3) is 11.4 Å². The van der Waals surface area contributed by atoms with Crippen LogP contribution in [0.3, 0.4) is 0 Å². The minimum absolute atomic E-state index is 0.607. The molecule has 1 aliphatic heterocycles. The molecule has 0 aliphatic carbocycles. The number of aromatic nitrogens is 4. The van der Waals surface area contributed by atoms with E-state index in [1.807, 2.05) is 13.1 Å². The van der Waals surface area contributed by atoms with Gasteiger partial charge in [0, 0.05) is 32.9 Å². The molecule has 7 nitrogen and oxygen atoms in total. The molecule has 1 saturated heterocycles. The first-order chi connectivity index (χ1) is 13.7. The van der Waals surface area contributed by atoms with Gasteiger partial charge in [-0.15, -0.1) is 0 Å². The van der Waals surface area contributed by atoms with E-state index in [2.05, 4.69) is 55.6 Å². The van der Waals surface area contributed by atoms with E-state index >= 15 is 0 Å². The molecule has 2 aromatic heterocycles. The Labute approximate surface area is 165 Å². The highest BCUT2D eigenvalue weighted by Gasteiger charge is 2.23. The maximum Gasteiger partial charge on any atom is 0.223 e. The van der Waals surface area contributed by atoms with Gasteiger partial charge in [0.2, 0.25) is 5.95 Å². The van der Waals surface area contributed by atoms with E-state index in [0.717, 1.165) is 37.6 Å². The first-order valence-electron chi connectivity index (χ1n) is 9.65.